The molecule has 2 nitrogen and oxygen atoms in total. The Labute approximate surface area is 112 Å². The quantitative estimate of drug-likeness (QED) is 0.836. The van der Waals surface area contributed by atoms with Gasteiger partial charge in [0.1, 0.15) is 23.0 Å². The molecule has 0 amide bonds. The number of hydrogen-bond acceptors (Lipinski definition) is 3. The lowest BCUT2D eigenvalue weighted by molar-refractivity contribution is 0.578. The van der Waals surface area contributed by atoms with Gasteiger partial charge in [0.25, 0.3) is 0 Å². The molecule has 1 aliphatic heterocycles. The third kappa shape index (κ3) is 2.20. The van der Waals surface area contributed by atoms with E-state index in [4.69, 9.17) is 0 Å². The molecule has 1 fully saturated rings. The van der Waals surface area contributed by atoms with E-state index >= 15 is 0 Å². The summed E-state index contributed by atoms with van der Waals surface area (Å²) in [4.78, 5) is 5.35. The molecule has 1 aromatic carbocycles. The van der Waals surface area contributed by atoms with Crippen LogP contribution in [0.15, 0.2) is 12.1 Å². The summed E-state index contributed by atoms with van der Waals surface area (Å²) in [5.74, 6) is -1.35. The standard InChI is InChI=1S/C13H10F3N2S/c14-9-5-8(11-13(16)19-7-17-11)6-10(15)12(9)18-3-1-2-4-18/h5-6H,1-4H2. The molecule has 1 radical (unpaired) electrons. The van der Waals surface area contributed by atoms with Gasteiger partial charge in [0.15, 0.2) is 5.51 Å². The summed E-state index contributed by atoms with van der Waals surface area (Å²) in [7, 11) is 0. The van der Waals surface area contributed by atoms with Gasteiger partial charge in [-0.15, -0.1) is 0 Å². The second kappa shape index (κ2) is 4.85. The Kier molecular flexibility index (Phi) is 3.18. The Bertz CT molecular complexity index is 583. The molecule has 2 heterocycles. The van der Waals surface area contributed by atoms with Crippen LogP contribution in [0.5, 0.6) is 0 Å². The number of hydrogen-bond donors (Lipinski definition) is 0. The largest absolute Gasteiger partial charge is 0.367 e. The molecule has 1 aliphatic rings. The van der Waals surface area contributed by atoms with Crippen molar-refractivity contribution in [3.8, 4) is 11.3 Å². The molecule has 6 heteroatoms. The Balaban J connectivity index is 2.05. The molecule has 0 saturated carbocycles. The average molecular weight is 283 g/mol. The lowest BCUT2D eigenvalue weighted by atomic mass is 10.1. The molecule has 19 heavy (non-hydrogen) atoms. The van der Waals surface area contributed by atoms with E-state index in [2.05, 4.69) is 10.5 Å². The molecule has 0 spiro atoms. The van der Waals surface area contributed by atoms with Gasteiger partial charge in [-0.05, 0) is 25.0 Å². The highest BCUT2D eigenvalue weighted by molar-refractivity contribution is 7.07. The highest BCUT2D eigenvalue weighted by atomic mass is 32.1. The number of rotatable bonds is 2. The van der Waals surface area contributed by atoms with E-state index in [0.717, 1.165) is 25.0 Å². The van der Waals surface area contributed by atoms with Crippen molar-refractivity contribution in [2.45, 2.75) is 12.8 Å². The number of anilines is 1. The lowest BCUT2D eigenvalue weighted by Crippen LogP contribution is -2.20. The predicted molar refractivity (Wildman–Crippen MR) is 67.7 cm³/mol. The molecule has 1 aromatic heterocycles. The van der Waals surface area contributed by atoms with Crippen LogP contribution in [-0.4, -0.2) is 18.1 Å². The van der Waals surface area contributed by atoms with Crippen molar-refractivity contribution in [2.24, 2.45) is 0 Å². The van der Waals surface area contributed by atoms with Crippen molar-refractivity contribution in [2.75, 3.05) is 18.0 Å². The number of benzene rings is 1. The smallest absolute Gasteiger partial charge is 0.204 e. The van der Waals surface area contributed by atoms with Crippen LogP contribution in [0.4, 0.5) is 18.9 Å². The third-order valence-electron chi connectivity index (χ3n) is 3.19. The summed E-state index contributed by atoms with van der Waals surface area (Å²) < 4.78 is 41.5. The molecule has 1 saturated heterocycles. The fourth-order valence-corrected chi connectivity index (χ4v) is 2.80. The third-order valence-corrected chi connectivity index (χ3v) is 3.75. The summed E-state index contributed by atoms with van der Waals surface area (Å²) in [5, 5.41) is -0.590. The fourth-order valence-electron chi connectivity index (χ4n) is 2.32. The van der Waals surface area contributed by atoms with Crippen LogP contribution in [0.25, 0.3) is 11.3 Å². The van der Waals surface area contributed by atoms with Gasteiger partial charge in [-0.1, -0.05) is 11.3 Å². The normalized spacial score (nSPS) is 15.2. The van der Waals surface area contributed by atoms with E-state index in [1.165, 1.54) is 0 Å². The maximum Gasteiger partial charge on any atom is 0.204 e. The minimum atomic E-state index is -0.677. The average Bonchev–Trinajstić information content (AvgIpc) is 2.99. The maximum absolute atomic E-state index is 14.0. The Hall–Kier alpha value is -1.56. The number of nitrogens with zero attached hydrogens (tertiary/aromatic N) is 2. The van der Waals surface area contributed by atoms with Crippen molar-refractivity contribution < 1.29 is 13.2 Å². The number of aromatic nitrogens is 1. The van der Waals surface area contributed by atoms with E-state index < -0.39 is 16.8 Å². The zero-order valence-corrected chi connectivity index (χ0v) is 10.7. The zero-order chi connectivity index (χ0) is 13.4. The SMILES string of the molecule is Fc1cc(-c2n[c]sc2F)cc(F)c1N1CCCC1. The Morgan fingerprint density at radius 3 is 2.26 bits per heavy atom. The summed E-state index contributed by atoms with van der Waals surface area (Å²) in [5.41, 5.74) is 2.38. The van der Waals surface area contributed by atoms with Gasteiger partial charge in [0, 0.05) is 18.7 Å². The maximum atomic E-state index is 14.0. The van der Waals surface area contributed by atoms with Gasteiger partial charge in [-0.3, -0.25) is 0 Å². The fraction of sp³-hybridized carbons (Fsp3) is 0.308. The summed E-state index contributed by atoms with van der Waals surface area (Å²) in [6, 6.07) is 2.26. The molecule has 0 N–H and O–H groups in total. The predicted octanol–water partition coefficient (Wildman–Crippen LogP) is 3.63. The lowest BCUT2D eigenvalue weighted by Gasteiger charge is -2.19. The highest BCUT2D eigenvalue weighted by Crippen LogP contribution is 2.32. The minimum Gasteiger partial charge on any atom is -0.367 e. The van der Waals surface area contributed by atoms with E-state index in [1.54, 1.807) is 4.90 Å². The summed E-state index contributed by atoms with van der Waals surface area (Å²) >= 11 is 0.682. The second-order valence-corrected chi connectivity index (χ2v) is 5.16. The first-order valence-corrected chi connectivity index (χ1v) is 6.75. The van der Waals surface area contributed by atoms with Crippen LogP contribution >= 0.6 is 11.3 Å². The first-order chi connectivity index (χ1) is 9.16. The van der Waals surface area contributed by atoms with Gasteiger partial charge in [-0.2, -0.15) is 4.39 Å². The van der Waals surface area contributed by atoms with Gasteiger partial charge < -0.3 is 4.90 Å². The van der Waals surface area contributed by atoms with E-state index in [1.807, 2.05) is 0 Å². The summed E-state index contributed by atoms with van der Waals surface area (Å²) in [6.07, 6.45) is 1.85. The van der Waals surface area contributed by atoms with Crippen molar-refractivity contribution in [1.29, 1.82) is 0 Å². The molecule has 0 atom stereocenters. The van der Waals surface area contributed by atoms with Crippen LogP contribution in [-0.2, 0) is 0 Å². The molecule has 2 aromatic rings. The topological polar surface area (TPSA) is 16.1 Å². The van der Waals surface area contributed by atoms with Gasteiger partial charge >= 0.3 is 0 Å². The molecule has 0 unspecified atom stereocenters. The van der Waals surface area contributed by atoms with E-state index in [-0.39, 0.29) is 16.9 Å². The number of thiazole rings is 1. The molecule has 3 rings (SSSR count). The first-order valence-electron chi connectivity index (χ1n) is 5.93. The molecular weight excluding hydrogens is 273 g/mol. The van der Waals surface area contributed by atoms with Crippen LogP contribution in [0.2, 0.25) is 0 Å². The van der Waals surface area contributed by atoms with Gasteiger partial charge in [0.2, 0.25) is 5.13 Å². The van der Waals surface area contributed by atoms with E-state index in [0.29, 0.717) is 24.4 Å². The van der Waals surface area contributed by atoms with Crippen LogP contribution in [0.1, 0.15) is 12.8 Å². The van der Waals surface area contributed by atoms with Crippen LogP contribution in [0, 0.1) is 22.3 Å². The molecule has 99 valence electrons. The summed E-state index contributed by atoms with van der Waals surface area (Å²) in [6.45, 7) is 1.29. The van der Waals surface area contributed by atoms with E-state index in [9.17, 15) is 13.2 Å². The van der Waals surface area contributed by atoms with Crippen molar-refractivity contribution in [3.05, 3.63) is 34.4 Å². The molecular formula is C13H10F3N2S. The Morgan fingerprint density at radius 1 is 1.11 bits per heavy atom. The van der Waals surface area contributed by atoms with Crippen molar-refractivity contribution in [1.82, 2.24) is 4.98 Å². The van der Waals surface area contributed by atoms with Crippen LogP contribution in [0.3, 0.4) is 0 Å². The highest BCUT2D eigenvalue weighted by Gasteiger charge is 2.22. The van der Waals surface area contributed by atoms with Crippen molar-refractivity contribution >= 4 is 17.0 Å². The zero-order valence-electron chi connectivity index (χ0n) is 9.92. The monoisotopic (exact) mass is 283 g/mol. The Morgan fingerprint density at radius 2 is 1.74 bits per heavy atom. The minimum absolute atomic E-state index is 0.0270. The first kappa shape index (κ1) is 12.5. The van der Waals surface area contributed by atoms with Gasteiger partial charge in [0.05, 0.1) is 0 Å². The van der Waals surface area contributed by atoms with Gasteiger partial charge in [-0.25, -0.2) is 13.8 Å². The van der Waals surface area contributed by atoms with Crippen LogP contribution < -0.4 is 4.90 Å². The molecule has 0 bridgehead atoms. The van der Waals surface area contributed by atoms with Crippen molar-refractivity contribution in [3.63, 3.8) is 0 Å². The second-order valence-electron chi connectivity index (χ2n) is 4.41. The number of halogens is 3. The molecule has 0 aliphatic carbocycles.